The van der Waals surface area contributed by atoms with Crippen molar-refractivity contribution in [2.45, 2.75) is 17.3 Å². The van der Waals surface area contributed by atoms with Crippen LogP contribution in [0.3, 0.4) is 0 Å². The molecule has 0 amide bonds. The highest BCUT2D eigenvalue weighted by Crippen LogP contribution is 2.25. The third-order valence-electron chi connectivity index (χ3n) is 2.83. The van der Waals surface area contributed by atoms with Crippen LogP contribution in [0.1, 0.15) is 11.1 Å². The predicted molar refractivity (Wildman–Crippen MR) is 91.9 cm³/mol. The van der Waals surface area contributed by atoms with E-state index in [-0.39, 0.29) is 11.4 Å². The molecular formula is C14H12Br2ClNO2S. The van der Waals surface area contributed by atoms with Crippen LogP contribution in [-0.4, -0.2) is 8.42 Å². The van der Waals surface area contributed by atoms with E-state index < -0.39 is 10.0 Å². The summed E-state index contributed by atoms with van der Waals surface area (Å²) >= 11 is 12.3. The van der Waals surface area contributed by atoms with E-state index in [2.05, 4.69) is 36.6 Å². The van der Waals surface area contributed by atoms with E-state index in [1.165, 1.54) is 0 Å². The summed E-state index contributed by atoms with van der Waals surface area (Å²) in [6.45, 7) is 0.226. The number of sulfonamides is 1. The van der Waals surface area contributed by atoms with E-state index in [4.69, 9.17) is 11.6 Å². The molecule has 0 radical (unpaired) electrons. The molecule has 0 bridgehead atoms. The Morgan fingerprint density at radius 3 is 2.24 bits per heavy atom. The van der Waals surface area contributed by atoms with Gasteiger partial charge < -0.3 is 0 Å². The first-order chi connectivity index (χ1) is 9.92. The van der Waals surface area contributed by atoms with Crippen LogP contribution in [0.5, 0.6) is 0 Å². The summed E-state index contributed by atoms with van der Waals surface area (Å²) in [6.07, 6.45) is 0. The Kier molecular flexibility index (Phi) is 5.85. The van der Waals surface area contributed by atoms with Crippen LogP contribution < -0.4 is 4.72 Å². The van der Waals surface area contributed by atoms with Crippen molar-refractivity contribution >= 4 is 53.5 Å². The van der Waals surface area contributed by atoms with Gasteiger partial charge in [0.15, 0.2) is 0 Å². The first kappa shape index (κ1) is 17.0. The Labute approximate surface area is 146 Å². The van der Waals surface area contributed by atoms with E-state index >= 15 is 0 Å². The zero-order valence-corrected chi connectivity index (χ0v) is 15.6. The summed E-state index contributed by atoms with van der Waals surface area (Å²) in [5, 5.41) is 0. The van der Waals surface area contributed by atoms with Crippen LogP contribution in [0.4, 0.5) is 0 Å². The number of hydrogen-bond donors (Lipinski definition) is 1. The topological polar surface area (TPSA) is 46.2 Å². The van der Waals surface area contributed by atoms with Crippen molar-refractivity contribution in [3.05, 3.63) is 62.5 Å². The van der Waals surface area contributed by atoms with Crippen LogP contribution in [-0.2, 0) is 22.4 Å². The fourth-order valence-electron chi connectivity index (χ4n) is 1.69. The maximum absolute atomic E-state index is 12.3. The van der Waals surface area contributed by atoms with Gasteiger partial charge in [-0.1, -0.05) is 40.2 Å². The van der Waals surface area contributed by atoms with Gasteiger partial charge in [-0.3, -0.25) is 0 Å². The molecule has 0 saturated carbocycles. The second-order valence-corrected chi connectivity index (χ2v) is 8.12. The van der Waals surface area contributed by atoms with Crippen molar-refractivity contribution in [3.8, 4) is 0 Å². The van der Waals surface area contributed by atoms with E-state index in [0.29, 0.717) is 14.8 Å². The Hall–Kier alpha value is -0.400. The molecular weight excluding hydrogens is 441 g/mol. The molecule has 0 saturated heterocycles. The maximum Gasteiger partial charge on any atom is 0.242 e. The van der Waals surface area contributed by atoms with Gasteiger partial charge in [-0.25, -0.2) is 13.1 Å². The summed E-state index contributed by atoms with van der Waals surface area (Å²) < 4.78 is 28.5. The molecule has 0 aliphatic rings. The molecule has 0 unspecified atom stereocenters. The van der Waals surface area contributed by atoms with Crippen molar-refractivity contribution in [2.75, 3.05) is 0 Å². The molecule has 3 nitrogen and oxygen atoms in total. The van der Waals surface area contributed by atoms with Crippen molar-refractivity contribution in [3.63, 3.8) is 0 Å². The normalized spacial score (nSPS) is 11.6. The quantitative estimate of drug-likeness (QED) is 0.681. The van der Waals surface area contributed by atoms with Crippen LogP contribution in [0.15, 0.2) is 56.3 Å². The van der Waals surface area contributed by atoms with Gasteiger partial charge in [-0.15, -0.1) is 11.6 Å². The smallest absolute Gasteiger partial charge is 0.207 e. The number of halogens is 3. The van der Waals surface area contributed by atoms with Gasteiger partial charge in [0.1, 0.15) is 0 Å². The zero-order chi connectivity index (χ0) is 15.5. The number of hydrogen-bond acceptors (Lipinski definition) is 2. The Morgan fingerprint density at radius 1 is 1.00 bits per heavy atom. The minimum atomic E-state index is -3.58. The second kappa shape index (κ2) is 7.24. The van der Waals surface area contributed by atoms with Crippen LogP contribution in [0, 0.1) is 0 Å². The average Bonchev–Trinajstić information content (AvgIpc) is 2.48. The third-order valence-corrected chi connectivity index (χ3v) is 6.02. The minimum Gasteiger partial charge on any atom is -0.207 e. The molecule has 2 rings (SSSR count). The fourth-order valence-corrected chi connectivity index (χ4v) is 4.38. The Bertz CT molecular complexity index is 733. The monoisotopic (exact) mass is 451 g/mol. The molecule has 0 atom stereocenters. The lowest BCUT2D eigenvalue weighted by atomic mass is 10.1. The Morgan fingerprint density at radius 2 is 1.62 bits per heavy atom. The van der Waals surface area contributed by atoms with Gasteiger partial charge in [-0.2, -0.15) is 0 Å². The molecule has 0 aliphatic heterocycles. The average molecular weight is 454 g/mol. The molecule has 112 valence electrons. The number of alkyl halides is 1. The van der Waals surface area contributed by atoms with Crippen molar-refractivity contribution < 1.29 is 8.42 Å². The van der Waals surface area contributed by atoms with Crippen molar-refractivity contribution in [1.29, 1.82) is 0 Å². The first-order valence-electron chi connectivity index (χ1n) is 6.01. The Balaban J connectivity index is 2.15. The van der Waals surface area contributed by atoms with Gasteiger partial charge in [0.25, 0.3) is 0 Å². The summed E-state index contributed by atoms with van der Waals surface area (Å²) in [5.41, 5.74) is 1.87. The summed E-state index contributed by atoms with van der Waals surface area (Å²) in [7, 11) is -3.58. The minimum absolute atomic E-state index is 0.203. The zero-order valence-electron chi connectivity index (χ0n) is 10.8. The van der Waals surface area contributed by atoms with E-state index in [9.17, 15) is 8.42 Å². The first-order valence-corrected chi connectivity index (χ1v) is 9.61. The van der Waals surface area contributed by atoms with Gasteiger partial charge in [0, 0.05) is 21.4 Å². The summed E-state index contributed by atoms with van der Waals surface area (Å²) in [6, 6.07) is 12.5. The van der Waals surface area contributed by atoms with Crippen LogP contribution >= 0.6 is 43.5 Å². The number of rotatable bonds is 5. The number of nitrogens with one attached hydrogen (secondary N) is 1. The molecule has 2 aromatic rings. The van der Waals surface area contributed by atoms with Gasteiger partial charge in [-0.05, 0) is 45.3 Å². The standard InChI is InChI=1S/C14H12Br2ClNO2S/c15-12-5-6-13(16)14(7-12)21(19,20)18-9-11-3-1-10(8-17)2-4-11/h1-7,18H,8-9H2. The largest absolute Gasteiger partial charge is 0.242 e. The lowest BCUT2D eigenvalue weighted by Gasteiger charge is -2.09. The molecule has 0 spiro atoms. The highest BCUT2D eigenvalue weighted by molar-refractivity contribution is 9.11. The maximum atomic E-state index is 12.3. The van der Waals surface area contributed by atoms with Crippen molar-refractivity contribution in [1.82, 2.24) is 4.72 Å². The van der Waals surface area contributed by atoms with Crippen molar-refractivity contribution in [2.24, 2.45) is 0 Å². The van der Waals surface area contributed by atoms with E-state index in [0.717, 1.165) is 11.1 Å². The molecule has 0 fully saturated rings. The highest BCUT2D eigenvalue weighted by Gasteiger charge is 2.17. The van der Waals surface area contributed by atoms with Gasteiger partial charge in [0.05, 0.1) is 4.90 Å². The molecule has 0 aliphatic carbocycles. The van der Waals surface area contributed by atoms with Gasteiger partial charge >= 0.3 is 0 Å². The summed E-state index contributed by atoms with van der Waals surface area (Å²) in [4.78, 5) is 0.203. The number of benzene rings is 2. The molecule has 21 heavy (non-hydrogen) atoms. The van der Waals surface area contributed by atoms with Gasteiger partial charge in [0.2, 0.25) is 10.0 Å². The highest BCUT2D eigenvalue weighted by atomic mass is 79.9. The lowest BCUT2D eigenvalue weighted by molar-refractivity contribution is 0.581. The lowest BCUT2D eigenvalue weighted by Crippen LogP contribution is -2.23. The second-order valence-electron chi connectivity index (χ2n) is 4.35. The molecule has 0 heterocycles. The van der Waals surface area contributed by atoms with E-state index in [1.54, 1.807) is 18.2 Å². The van der Waals surface area contributed by atoms with Crippen LogP contribution in [0.25, 0.3) is 0 Å². The molecule has 0 aromatic heterocycles. The molecule has 2 aromatic carbocycles. The predicted octanol–water partition coefficient (Wildman–Crippen LogP) is 4.43. The van der Waals surface area contributed by atoms with Crippen LogP contribution in [0.2, 0.25) is 0 Å². The molecule has 7 heteroatoms. The van der Waals surface area contributed by atoms with E-state index in [1.807, 2.05) is 24.3 Å². The summed E-state index contributed by atoms with van der Waals surface area (Å²) in [5.74, 6) is 0.441. The third kappa shape index (κ3) is 4.53. The SMILES string of the molecule is O=S(=O)(NCc1ccc(CCl)cc1)c1cc(Br)ccc1Br. The fraction of sp³-hybridized carbons (Fsp3) is 0.143. The molecule has 1 N–H and O–H groups in total.